The molecule has 2 aromatic carbocycles. The third kappa shape index (κ3) is 3.04. The minimum Gasteiger partial charge on any atom is -0.451 e. The van der Waals surface area contributed by atoms with Crippen molar-refractivity contribution in [3.8, 4) is 11.3 Å². The number of carbonyl (C=O) groups is 1. The van der Waals surface area contributed by atoms with Crippen LogP contribution in [-0.2, 0) is 0 Å². The van der Waals surface area contributed by atoms with E-state index in [9.17, 15) is 4.79 Å². The van der Waals surface area contributed by atoms with Gasteiger partial charge in [0, 0.05) is 23.5 Å². The normalized spacial score (nSPS) is 10.6. The Kier molecular flexibility index (Phi) is 4.38. The number of hydrogen-bond donors (Lipinski definition) is 1. The van der Waals surface area contributed by atoms with Crippen LogP contribution in [0, 0.1) is 6.92 Å². The average molecular weight is 320 g/mol. The number of nitrogen functional groups attached to an aromatic ring is 1. The van der Waals surface area contributed by atoms with Crippen LogP contribution in [0.4, 0.5) is 11.4 Å². The van der Waals surface area contributed by atoms with E-state index in [0.717, 1.165) is 16.8 Å². The second-order valence-corrected chi connectivity index (χ2v) is 5.62. The first kappa shape index (κ1) is 15.9. The van der Waals surface area contributed by atoms with Crippen molar-refractivity contribution in [1.29, 1.82) is 0 Å². The minimum absolute atomic E-state index is 0.150. The molecule has 0 bridgehead atoms. The van der Waals surface area contributed by atoms with E-state index in [4.69, 9.17) is 10.2 Å². The van der Waals surface area contributed by atoms with Gasteiger partial charge in [-0.3, -0.25) is 4.79 Å². The highest BCUT2D eigenvalue weighted by molar-refractivity contribution is 6.04. The molecular weight excluding hydrogens is 300 g/mol. The van der Waals surface area contributed by atoms with Crippen molar-refractivity contribution in [2.75, 3.05) is 17.2 Å². The Hall–Kier alpha value is -3.01. The smallest absolute Gasteiger partial charge is 0.293 e. The summed E-state index contributed by atoms with van der Waals surface area (Å²) in [6.45, 7) is 4.48. The Morgan fingerprint density at radius 3 is 2.50 bits per heavy atom. The fraction of sp³-hybridized carbons (Fsp3) is 0.150. The lowest BCUT2D eigenvalue weighted by Crippen LogP contribution is -2.30. The highest BCUT2D eigenvalue weighted by Gasteiger charge is 2.20. The monoisotopic (exact) mass is 320 g/mol. The van der Waals surface area contributed by atoms with Gasteiger partial charge in [-0.05, 0) is 61.9 Å². The Morgan fingerprint density at radius 2 is 1.83 bits per heavy atom. The number of para-hydroxylation sites is 1. The molecule has 3 aromatic rings. The number of rotatable bonds is 4. The minimum atomic E-state index is -0.150. The molecule has 24 heavy (non-hydrogen) atoms. The molecule has 122 valence electrons. The molecule has 1 amide bonds. The number of benzene rings is 2. The second kappa shape index (κ2) is 6.62. The molecule has 3 rings (SSSR count). The van der Waals surface area contributed by atoms with Crippen molar-refractivity contribution in [3.05, 3.63) is 72.0 Å². The highest BCUT2D eigenvalue weighted by Crippen LogP contribution is 2.28. The van der Waals surface area contributed by atoms with Crippen LogP contribution in [0.1, 0.15) is 23.0 Å². The molecule has 0 aliphatic heterocycles. The van der Waals surface area contributed by atoms with Crippen molar-refractivity contribution in [1.82, 2.24) is 0 Å². The average Bonchev–Trinajstić information content (AvgIpc) is 3.06. The number of aryl methyl sites for hydroxylation is 1. The van der Waals surface area contributed by atoms with E-state index < -0.39 is 0 Å². The Morgan fingerprint density at radius 1 is 1.08 bits per heavy atom. The molecule has 1 aromatic heterocycles. The van der Waals surface area contributed by atoms with Gasteiger partial charge >= 0.3 is 0 Å². The molecule has 0 saturated carbocycles. The molecule has 0 unspecified atom stereocenters. The second-order valence-electron chi connectivity index (χ2n) is 5.62. The van der Waals surface area contributed by atoms with Gasteiger partial charge in [0.2, 0.25) is 0 Å². The molecule has 1 heterocycles. The van der Waals surface area contributed by atoms with Gasteiger partial charge in [-0.1, -0.05) is 18.2 Å². The summed E-state index contributed by atoms with van der Waals surface area (Å²) in [5.41, 5.74) is 9.30. The van der Waals surface area contributed by atoms with Crippen molar-refractivity contribution < 1.29 is 9.21 Å². The van der Waals surface area contributed by atoms with Crippen molar-refractivity contribution in [2.45, 2.75) is 13.8 Å². The van der Waals surface area contributed by atoms with Crippen LogP contribution in [0.2, 0.25) is 0 Å². The number of furan rings is 1. The van der Waals surface area contributed by atoms with Gasteiger partial charge in [0.25, 0.3) is 5.91 Å². The summed E-state index contributed by atoms with van der Waals surface area (Å²) >= 11 is 0. The first-order valence-electron chi connectivity index (χ1n) is 7.93. The standard InChI is InChI=1S/C20H20N2O2/c1-3-22(16-7-5-4-6-8-16)20(23)19-12-11-18(24-19)17-10-9-15(21)13-14(17)2/h4-13H,3,21H2,1-2H3. The van der Waals surface area contributed by atoms with Crippen LogP contribution in [0.3, 0.4) is 0 Å². The van der Waals surface area contributed by atoms with Gasteiger partial charge in [-0.2, -0.15) is 0 Å². The fourth-order valence-corrected chi connectivity index (χ4v) is 2.75. The zero-order chi connectivity index (χ0) is 17.1. The molecule has 0 aliphatic rings. The molecule has 0 aliphatic carbocycles. The number of carbonyl (C=O) groups excluding carboxylic acids is 1. The highest BCUT2D eigenvalue weighted by atomic mass is 16.4. The maximum atomic E-state index is 12.8. The molecule has 4 nitrogen and oxygen atoms in total. The van der Waals surface area contributed by atoms with E-state index in [1.54, 1.807) is 11.0 Å². The van der Waals surface area contributed by atoms with E-state index in [0.29, 0.717) is 23.8 Å². The van der Waals surface area contributed by atoms with Gasteiger partial charge in [-0.25, -0.2) is 0 Å². The molecule has 4 heteroatoms. The van der Waals surface area contributed by atoms with Gasteiger partial charge in [0.05, 0.1) is 0 Å². The Bertz CT molecular complexity index is 853. The molecule has 0 fully saturated rings. The van der Waals surface area contributed by atoms with Crippen molar-refractivity contribution in [3.63, 3.8) is 0 Å². The van der Waals surface area contributed by atoms with Gasteiger partial charge in [0.1, 0.15) is 5.76 Å². The lowest BCUT2D eigenvalue weighted by Gasteiger charge is -2.19. The maximum Gasteiger partial charge on any atom is 0.293 e. The van der Waals surface area contributed by atoms with Crippen LogP contribution < -0.4 is 10.6 Å². The molecule has 0 spiro atoms. The van der Waals surface area contributed by atoms with E-state index in [1.807, 2.05) is 68.4 Å². The SMILES string of the molecule is CCN(C(=O)c1ccc(-c2ccc(N)cc2C)o1)c1ccccc1. The first-order valence-corrected chi connectivity index (χ1v) is 7.93. The van der Waals surface area contributed by atoms with Gasteiger partial charge in [-0.15, -0.1) is 0 Å². The quantitative estimate of drug-likeness (QED) is 0.720. The fourth-order valence-electron chi connectivity index (χ4n) is 2.75. The molecule has 0 saturated heterocycles. The van der Waals surface area contributed by atoms with Crippen molar-refractivity contribution >= 4 is 17.3 Å². The van der Waals surface area contributed by atoms with E-state index in [2.05, 4.69) is 0 Å². The summed E-state index contributed by atoms with van der Waals surface area (Å²) in [5.74, 6) is 0.843. The van der Waals surface area contributed by atoms with Crippen LogP contribution in [0.5, 0.6) is 0 Å². The number of amides is 1. The third-order valence-corrected chi connectivity index (χ3v) is 3.96. The lowest BCUT2D eigenvalue weighted by molar-refractivity contribution is 0.0962. The van der Waals surface area contributed by atoms with E-state index >= 15 is 0 Å². The largest absolute Gasteiger partial charge is 0.451 e. The summed E-state index contributed by atoms with van der Waals surface area (Å²) in [5, 5.41) is 0. The maximum absolute atomic E-state index is 12.8. The zero-order valence-corrected chi connectivity index (χ0v) is 13.8. The van der Waals surface area contributed by atoms with Crippen molar-refractivity contribution in [2.24, 2.45) is 0 Å². The summed E-state index contributed by atoms with van der Waals surface area (Å²) < 4.78 is 5.82. The lowest BCUT2D eigenvalue weighted by atomic mass is 10.1. The number of hydrogen-bond acceptors (Lipinski definition) is 3. The summed E-state index contributed by atoms with van der Waals surface area (Å²) in [4.78, 5) is 14.5. The Labute approximate surface area is 141 Å². The number of nitrogens with zero attached hydrogens (tertiary/aromatic N) is 1. The van der Waals surface area contributed by atoms with Crippen LogP contribution in [0.25, 0.3) is 11.3 Å². The summed E-state index contributed by atoms with van der Waals surface area (Å²) in [6.07, 6.45) is 0. The third-order valence-electron chi connectivity index (χ3n) is 3.96. The Balaban J connectivity index is 1.91. The molecular formula is C20H20N2O2. The van der Waals surface area contributed by atoms with Crippen LogP contribution in [0.15, 0.2) is 65.1 Å². The van der Waals surface area contributed by atoms with Crippen LogP contribution in [-0.4, -0.2) is 12.5 Å². The predicted molar refractivity (Wildman–Crippen MR) is 97.1 cm³/mol. The van der Waals surface area contributed by atoms with E-state index in [-0.39, 0.29) is 5.91 Å². The van der Waals surface area contributed by atoms with Gasteiger partial charge in [0.15, 0.2) is 5.76 Å². The summed E-state index contributed by atoms with van der Waals surface area (Å²) in [6, 6.07) is 18.8. The van der Waals surface area contributed by atoms with Gasteiger partial charge < -0.3 is 15.1 Å². The van der Waals surface area contributed by atoms with Crippen LogP contribution >= 0.6 is 0 Å². The summed E-state index contributed by atoms with van der Waals surface area (Å²) in [7, 11) is 0. The predicted octanol–water partition coefficient (Wildman–Crippen LogP) is 4.50. The zero-order valence-electron chi connectivity index (χ0n) is 13.8. The molecule has 2 N–H and O–H groups in total. The molecule has 0 atom stereocenters. The number of nitrogens with two attached hydrogens (primary N) is 1. The first-order chi connectivity index (χ1) is 11.6. The topological polar surface area (TPSA) is 59.5 Å². The molecule has 0 radical (unpaired) electrons. The van der Waals surface area contributed by atoms with E-state index in [1.165, 1.54) is 0 Å². The number of anilines is 2.